The Balaban J connectivity index is 1.79. The summed E-state index contributed by atoms with van der Waals surface area (Å²) in [5.41, 5.74) is 4.54. The second-order valence-corrected chi connectivity index (χ2v) is 4.56. The molecule has 108 valence electrons. The lowest BCUT2D eigenvalue weighted by molar-refractivity contribution is -0.121. The van der Waals surface area contributed by atoms with Gasteiger partial charge < -0.3 is 4.74 Å². The maximum Gasteiger partial charge on any atom is 0.240 e. The van der Waals surface area contributed by atoms with Crippen LogP contribution in [0.1, 0.15) is 17.5 Å². The molecule has 0 bridgehead atoms. The van der Waals surface area contributed by atoms with Crippen LogP contribution in [0.25, 0.3) is 0 Å². The molecular formula is C17H18N2O2. The van der Waals surface area contributed by atoms with E-state index in [9.17, 15) is 4.79 Å². The molecule has 0 saturated carbocycles. The number of hydrogen-bond donors (Lipinski definition) is 1. The molecule has 0 aromatic heterocycles. The molecule has 0 heterocycles. The van der Waals surface area contributed by atoms with Crippen molar-refractivity contribution >= 4 is 12.1 Å². The number of nitrogens with one attached hydrogen (secondary N) is 1. The number of aryl methyl sites for hydroxylation is 1. The van der Waals surface area contributed by atoms with E-state index in [1.54, 1.807) is 13.3 Å². The molecule has 4 heteroatoms. The number of nitrogens with zero attached hydrogens (tertiary/aromatic N) is 1. The van der Waals surface area contributed by atoms with Gasteiger partial charge in [0.1, 0.15) is 5.75 Å². The van der Waals surface area contributed by atoms with E-state index in [4.69, 9.17) is 4.74 Å². The van der Waals surface area contributed by atoms with Gasteiger partial charge in [-0.1, -0.05) is 42.5 Å². The molecule has 1 amide bonds. The Kier molecular flexibility index (Phi) is 5.52. The van der Waals surface area contributed by atoms with E-state index in [0.717, 1.165) is 16.9 Å². The second kappa shape index (κ2) is 7.85. The average Bonchev–Trinajstić information content (AvgIpc) is 2.54. The summed E-state index contributed by atoms with van der Waals surface area (Å²) in [7, 11) is 1.61. The molecule has 4 nitrogen and oxygen atoms in total. The highest BCUT2D eigenvalue weighted by Gasteiger charge is 2.00. The smallest absolute Gasteiger partial charge is 0.240 e. The minimum atomic E-state index is -0.0991. The van der Waals surface area contributed by atoms with Crippen molar-refractivity contribution in [1.82, 2.24) is 5.43 Å². The molecule has 0 aliphatic carbocycles. The van der Waals surface area contributed by atoms with Crippen LogP contribution in [-0.2, 0) is 11.2 Å². The Morgan fingerprint density at radius 3 is 2.76 bits per heavy atom. The summed E-state index contributed by atoms with van der Waals surface area (Å²) in [4.78, 5) is 11.7. The molecule has 0 saturated heterocycles. The van der Waals surface area contributed by atoms with Crippen LogP contribution in [0.5, 0.6) is 5.75 Å². The maximum atomic E-state index is 11.7. The van der Waals surface area contributed by atoms with Crippen LogP contribution >= 0.6 is 0 Å². The summed E-state index contributed by atoms with van der Waals surface area (Å²) in [5.74, 6) is 0.660. The second-order valence-electron chi connectivity index (χ2n) is 4.56. The molecular weight excluding hydrogens is 264 g/mol. The van der Waals surface area contributed by atoms with Gasteiger partial charge in [-0.15, -0.1) is 0 Å². The Hall–Kier alpha value is -2.62. The van der Waals surface area contributed by atoms with Crippen LogP contribution in [0.4, 0.5) is 0 Å². The Labute approximate surface area is 124 Å². The van der Waals surface area contributed by atoms with E-state index in [-0.39, 0.29) is 5.91 Å². The predicted octanol–water partition coefficient (Wildman–Crippen LogP) is 2.78. The van der Waals surface area contributed by atoms with Crippen LogP contribution in [0, 0.1) is 0 Å². The van der Waals surface area contributed by atoms with Crippen LogP contribution < -0.4 is 10.2 Å². The first-order valence-corrected chi connectivity index (χ1v) is 6.78. The number of methoxy groups -OCH3 is 1. The summed E-state index contributed by atoms with van der Waals surface area (Å²) >= 11 is 0. The fraction of sp³-hybridized carbons (Fsp3) is 0.176. The van der Waals surface area contributed by atoms with Gasteiger partial charge in [0.05, 0.1) is 13.3 Å². The fourth-order valence-corrected chi connectivity index (χ4v) is 1.86. The zero-order chi connectivity index (χ0) is 14.9. The normalized spacial score (nSPS) is 10.5. The van der Waals surface area contributed by atoms with Gasteiger partial charge in [0.25, 0.3) is 0 Å². The molecule has 0 fully saturated rings. The van der Waals surface area contributed by atoms with Gasteiger partial charge in [0.2, 0.25) is 5.91 Å². The molecule has 0 atom stereocenters. The first-order valence-electron chi connectivity index (χ1n) is 6.78. The standard InChI is InChI=1S/C17H18N2O2/c1-21-16-9-5-8-15(12-16)13-18-19-17(20)11-10-14-6-3-2-4-7-14/h2-9,12-13H,10-11H2,1H3,(H,19,20)/b18-13+. The Morgan fingerprint density at radius 2 is 2.00 bits per heavy atom. The number of amides is 1. The van der Waals surface area contributed by atoms with E-state index in [1.807, 2.05) is 54.6 Å². The van der Waals surface area contributed by atoms with Gasteiger partial charge in [0.15, 0.2) is 0 Å². The number of hydrogen-bond acceptors (Lipinski definition) is 3. The zero-order valence-corrected chi connectivity index (χ0v) is 12.0. The van der Waals surface area contributed by atoms with Gasteiger partial charge in [-0.25, -0.2) is 5.43 Å². The van der Waals surface area contributed by atoms with E-state index in [1.165, 1.54) is 0 Å². The molecule has 0 aliphatic rings. The van der Waals surface area contributed by atoms with E-state index < -0.39 is 0 Å². The first kappa shape index (κ1) is 14.8. The van der Waals surface area contributed by atoms with Gasteiger partial charge in [-0.05, 0) is 29.7 Å². The minimum absolute atomic E-state index is 0.0991. The van der Waals surface area contributed by atoms with Crippen molar-refractivity contribution in [2.24, 2.45) is 5.10 Å². The SMILES string of the molecule is COc1cccc(/C=N/NC(=O)CCc2ccccc2)c1. The lowest BCUT2D eigenvalue weighted by atomic mass is 10.1. The highest BCUT2D eigenvalue weighted by molar-refractivity contribution is 5.82. The molecule has 0 radical (unpaired) electrons. The minimum Gasteiger partial charge on any atom is -0.497 e. The molecule has 0 unspecified atom stereocenters. The summed E-state index contributed by atoms with van der Waals surface area (Å²) in [5, 5.41) is 3.95. The first-order chi connectivity index (χ1) is 10.3. The third-order valence-corrected chi connectivity index (χ3v) is 2.98. The van der Waals surface area contributed by atoms with Crippen molar-refractivity contribution in [3.63, 3.8) is 0 Å². The maximum absolute atomic E-state index is 11.7. The van der Waals surface area contributed by atoms with Crippen LogP contribution in [0.2, 0.25) is 0 Å². The summed E-state index contributed by atoms with van der Waals surface area (Å²) in [6, 6.07) is 17.4. The number of carbonyl (C=O) groups is 1. The van der Waals surface area contributed by atoms with E-state index in [2.05, 4.69) is 10.5 Å². The molecule has 21 heavy (non-hydrogen) atoms. The lowest BCUT2D eigenvalue weighted by Crippen LogP contribution is -2.17. The third kappa shape index (κ3) is 5.10. The van der Waals surface area contributed by atoms with Crippen molar-refractivity contribution in [2.45, 2.75) is 12.8 Å². The molecule has 1 N–H and O–H groups in total. The fourth-order valence-electron chi connectivity index (χ4n) is 1.86. The monoisotopic (exact) mass is 282 g/mol. The number of rotatable bonds is 6. The topological polar surface area (TPSA) is 50.7 Å². The van der Waals surface area contributed by atoms with Gasteiger partial charge in [0, 0.05) is 6.42 Å². The summed E-state index contributed by atoms with van der Waals surface area (Å²) in [6.07, 6.45) is 2.73. The number of hydrazone groups is 1. The van der Waals surface area contributed by atoms with Crippen LogP contribution in [0.3, 0.4) is 0 Å². The molecule has 0 aliphatic heterocycles. The van der Waals surface area contributed by atoms with Crippen molar-refractivity contribution in [3.05, 3.63) is 65.7 Å². The molecule has 2 aromatic carbocycles. The lowest BCUT2D eigenvalue weighted by Gasteiger charge is -2.01. The largest absolute Gasteiger partial charge is 0.497 e. The third-order valence-electron chi connectivity index (χ3n) is 2.98. The van der Waals surface area contributed by atoms with Crippen molar-refractivity contribution in [2.75, 3.05) is 7.11 Å². The summed E-state index contributed by atoms with van der Waals surface area (Å²) < 4.78 is 5.12. The van der Waals surface area contributed by atoms with Gasteiger partial charge in [-0.3, -0.25) is 4.79 Å². The van der Waals surface area contributed by atoms with Gasteiger partial charge in [-0.2, -0.15) is 5.10 Å². The molecule has 0 spiro atoms. The Morgan fingerprint density at radius 1 is 1.19 bits per heavy atom. The zero-order valence-electron chi connectivity index (χ0n) is 12.0. The van der Waals surface area contributed by atoms with E-state index in [0.29, 0.717) is 12.8 Å². The highest BCUT2D eigenvalue weighted by atomic mass is 16.5. The van der Waals surface area contributed by atoms with Crippen molar-refractivity contribution in [1.29, 1.82) is 0 Å². The van der Waals surface area contributed by atoms with E-state index >= 15 is 0 Å². The van der Waals surface area contributed by atoms with Crippen molar-refractivity contribution in [3.8, 4) is 5.75 Å². The number of benzene rings is 2. The van der Waals surface area contributed by atoms with Crippen molar-refractivity contribution < 1.29 is 9.53 Å². The quantitative estimate of drug-likeness (QED) is 0.654. The number of carbonyl (C=O) groups excluding carboxylic acids is 1. The van der Waals surface area contributed by atoms with Gasteiger partial charge >= 0.3 is 0 Å². The number of ether oxygens (including phenoxy) is 1. The predicted molar refractivity (Wildman–Crippen MR) is 83.5 cm³/mol. The Bertz CT molecular complexity index is 609. The molecule has 2 aromatic rings. The summed E-state index contributed by atoms with van der Waals surface area (Å²) in [6.45, 7) is 0. The highest BCUT2D eigenvalue weighted by Crippen LogP contribution is 2.10. The average molecular weight is 282 g/mol. The van der Waals surface area contributed by atoms with Crippen LogP contribution in [0.15, 0.2) is 59.7 Å². The molecule has 2 rings (SSSR count). The van der Waals surface area contributed by atoms with Crippen LogP contribution in [-0.4, -0.2) is 19.2 Å².